The van der Waals surface area contributed by atoms with Crippen molar-refractivity contribution in [2.24, 2.45) is 11.8 Å². The van der Waals surface area contributed by atoms with Crippen molar-refractivity contribution in [3.63, 3.8) is 0 Å². The summed E-state index contributed by atoms with van der Waals surface area (Å²) in [5, 5.41) is 63.1. The largest absolute Gasteiger partial charge is 0.480 e. The van der Waals surface area contributed by atoms with Crippen LogP contribution in [0.3, 0.4) is 0 Å². The van der Waals surface area contributed by atoms with Gasteiger partial charge in [0, 0.05) is 90.8 Å². The highest BCUT2D eigenvalue weighted by Crippen LogP contribution is 2.43. The molecule has 25 heteroatoms. The van der Waals surface area contributed by atoms with Crippen LogP contribution < -0.4 is 25.5 Å². The van der Waals surface area contributed by atoms with Gasteiger partial charge >= 0.3 is 35.8 Å². The lowest BCUT2D eigenvalue weighted by Gasteiger charge is -2.33. The van der Waals surface area contributed by atoms with Gasteiger partial charge in [-0.2, -0.15) is 8.42 Å². The summed E-state index contributed by atoms with van der Waals surface area (Å²) in [6.45, 7) is -0.470. The van der Waals surface area contributed by atoms with Crippen LogP contribution >= 0.6 is 0 Å². The van der Waals surface area contributed by atoms with Crippen LogP contribution in [0.15, 0.2) is 70.0 Å². The van der Waals surface area contributed by atoms with Gasteiger partial charge in [0.05, 0.1) is 32.2 Å². The first kappa shape index (κ1) is 57.8. The summed E-state index contributed by atoms with van der Waals surface area (Å²) in [5.41, 5.74) is 2.56. The SMILES string of the molecule is O=C(O)CN(CC(=O)O)C(CCCCNC(=O)C1CCN(c2ccc3c(-c4ccccc4S(=O)(=O)O)c4ccc(=[N+]5CCC(C(=O)NCCCCC(C(=O)O)N(CC(=O)O)CC(=O)O)CC5)cc-4oc3c2)CC1)C(=O)O. The molecule has 0 saturated carbocycles. The monoisotopic (exact) mass is 1080 g/mol. The Bertz CT molecular complexity index is 2930. The second kappa shape index (κ2) is 26.3. The maximum absolute atomic E-state index is 13.2. The Morgan fingerprint density at radius 2 is 1.13 bits per heavy atom. The van der Waals surface area contributed by atoms with Crippen LogP contribution in [0, 0.1) is 11.8 Å². The van der Waals surface area contributed by atoms with Crippen molar-refractivity contribution in [3.05, 3.63) is 66.0 Å². The van der Waals surface area contributed by atoms with E-state index in [0.29, 0.717) is 105 Å². The maximum Gasteiger partial charge on any atom is 0.320 e. The van der Waals surface area contributed by atoms with Crippen molar-refractivity contribution in [3.8, 4) is 22.5 Å². The van der Waals surface area contributed by atoms with Crippen molar-refractivity contribution in [1.29, 1.82) is 0 Å². The van der Waals surface area contributed by atoms with Crippen LogP contribution in [0.5, 0.6) is 0 Å². The number of carboxylic acid groups (broad SMARTS) is 6. The number of unbranched alkanes of at least 4 members (excludes halogenated alkanes) is 2. The number of nitrogens with zero attached hydrogens (tertiary/aromatic N) is 4. The van der Waals surface area contributed by atoms with E-state index in [1.807, 2.05) is 36.4 Å². The molecule has 2 aromatic rings. The third-order valence-corrected chi connectivity index (χ3v) is 14.7. The molecule has 4 aliphatic rings. The first-order valence-electron chi connectivity index (χ1n) is 24.9. The summed E-state index contributed by atoms with van der Waals surface area (Å²) in [5.74, 6) is -8.62. The molecule has 0 spiro atoms. The number of carboxylic acids is 6. The Hall–Kier alpha value is -7.48. The molecule has 2 fully saturated rings. The number of hydrogen-bond acceptors (Lipinski definition) is 14. The lowest BCUT2D eigenvalue weighted by Crippen LogP contribution is -2.46. The zero-order valence-electron chi connectivity index (χ0n) is 41.5. The summed E-state index contributed by atoms with van der Waals surface area (Å²) < 4.78 is 44.6. The highest BCUT2D eigenvalue weighted by molar-refractivity contribution is 7.86. The van der Waals surface area contributed by atoms with Gasteiger partial charge in [-0.15, -0.1) is 0 Å². The second-order valence-electron chi connectivity index (χ2n) is 19.0. The minimum Gasteiger partial charge on any atom is -0.480 e. The zero-order valence-corrected chi connectivity index (χ0v) is 42.4. The number of fused-ring (bicyclic) bond motifs is 2. The molecule has 3 aliphatic heterocycles. The van der Waals surface area contributed by atoms with Gasteiger partial charge in [0.15, 0.2) is 0 Å². The Labute approximate surface area is 436 Å². The fourth-order valence-corrected chi connectivity index (χ4v) is 10.8. The van der Waals surface area contributed by atoms with Gasteiger partial charge in [-0.25, -0.2) is 4.58 Å². The minimum absolute atomic E-state index is 0.00996. The number of benzene rings is 3. The molecule has 2 atom stereocenters. The topological polar surface area (TPSA) is 362 Å². The fourth-order valence-electron chi connectivity index (χ4n) is 10.1. The summed E-state index contributed by atoms with van der Waals surface area (Å²) in [6, 6.07) is 14.6. The molecule has 2 saturated heterocycles. The summed E-state index contributed by atoms with van der Waals surface area (Å²) in [6.07, 6.45) is 3.39. The van der Waals surface area contributed by atoms with E-state index < -0.39 is 84.2 Å². The van der Waals surface area contributed by atoms with Gasteiger partial charge in [-0.3, -0.25) is 52.7 Å². The smallest absolute Gasteiger partial charge is 0.320 e. The molecule has 2 unspecified atom stereocenters. The van der Waals surface area contributed by atoms with Crippen molar-refractivity contribution in [2.45, 2.75) is 81.2 Å². The number of anilines is 1. The van der Waals surface area contributed by atoms with Crippen molar-refractivity contribution >= 4 is 74.4 Å². The number of carbonyl (C=O) groups excluding carboxylic acids is 2. The molecular weight excluding hydrogens is 1020 g/mol. The number of carbonyl (C=O) groups is 8. The number of piperidine rings is 2. The highest BCUT2D eigenvalue weighted by atomic mass is 32.2. The molecule has 2 amide bonds. The van der Waals surface area contributed by atoms with Crippen molar-refractivity contribution in [2.75, 3.05) is 70.3 Å². The third-order valence-electron chi connectivity index (χ3n) is 13.8. The molecule has 9 N–H and O–H groups in total. The van der Waals surface area contributed by atoms with E-state index in [2.05, 4.69) is 20.1 Å². The standard InChI is InChI=1S/C51H62N6O18S/c58-43(59)27-56(28-44(60)61)38(50(68)69)8-3-5-19-52-48(66)31-15-21-54(22-16-31)33-11-13-35-40(25-33)75-41-26-34(12-14-36(41)47(35)37-7-1-2-10-42(37)76(72,73)74)55-23-17-32(18-24-55)49(67)53-20-6-4-9-39(51(70)71)57(29-45(62)63)30-46(64)65/h1-2,7,10-14,25-26,31-32,38-39H,3-6,8-9,15-24,27-30H2,(H8-,52,53,58,59,60,61,62,63,64,65,66,67,68,69,70,71,72,73,74)/p+1. The van der Waals surface area contributed by atoms with Gasteiger partial charge in [0.25, 0.3) is 10.1 Å². The predicted octanol–water partition coefficient (Wildman–Crippen LogP) is 2.27. The normalized spacial score (nSPS) is 16.1. The molecule has 6 rings (SSSR count). The zero-order chi connectivity index (χ0) is 55.3. The van der Waals surface area contributed by atoms with Crippen LogP contribution in [-0.2, 0) is 48.5 Å². The van der Waals surface area contributed by atoms with Crippen LogP contribution in [0.2, 0.25) is 0 Å². The number of amides is 2. The maximum atomic E-state index is 13.2. The molecule has 3 heterocycles. The lowest BCUT2D eigenvalue weighted by atomic mass is 9.92. The molecule has 0 radical (unpaired) electrons. The predicted molar refractivity (Wildman–Crippen MR) is 271 cm³/mol. The summed E-state index contributed by atoms with van der Waals surface area (Å²) in [4.78, 5) is 98.6. The molecule has 0 bridgehead atoms. The van der Waals surface area contributed by atoms with Gasteiger partial charge in [0.1, 0.15) is 41.4 Å². The van der Waals surface area contributed by atoms with Gasteiger partial charge < -0.3 is 50.6 Å². The number of aliphatic carboxylic acids is 6. The highest BCUT2D eigenvalue weighted by Gasteiger charge is 2.33. The molecular formula is C51H63N6O18S+. The second-order valence-corrected chi connectivity index (χ2v) is 20.4. The average Bonchev–Trinajstić information content (AvgIpc) is 3.37. The lowest BCUT2D eigenvalue weighted by molar-refractivity contribution is -0.152. The fraction of sp³-hybridized carbons (Fsp3) is 0.471. The Kier molecular flexibility index (Phi) is 20.0. The molecule has 410 valence electrons. The summed E-state index contributed by atoms with van der Waals surface area (Å²) in [7, 11) is -4.68. The average molecular weight is 1080 g/mol. The Balaban J connectivity index is 1.12. The number of rotatable bonds is 27. The van der Waals surface area contributed by atoms with Crippen LogP contribution in [0.4, 0.5) is 5.69 Å². The van der Waals surface area contributed by atoms with E-state index >= 15 is 0 Å². The first-order valence-corrected chi connectivity index (χ1v) is 26.3. The van der Waals surface area contributed by atoms with Gasteiger partial charge in [-0.05, 0) is 75.6 Å². The Morgan fingerprint density at radius 3 is 1.62 bits per heavy atom. The van der Waals surface area contributed by atoms with E-state index in [-0.39, 0.29) is 60.0 Å². The number of hydrogen-bond donors (Lipinski definition) is 9. The minimum atomic E-state index is -4.68. The molecule has 0 aromatic heterocycles. The Morgan fingerprint density at radius 1 is 0.632 bits per heavy atom. The molecule has 24 nitrogen and oxygen atoms in total. The third kappa shape index (κ3) is 15.5. The molecule has 1 aliphatic carbocycles. The summed E-state index contributed by atoms with van der Waals surface area (Å²) >= 11 is 0. The van der Waals surface area contributed by atoms with E-state index in [0.717, 1.165) is 20.8 Å². The van der Waals surface area contributed by atoms with Gasteiger partial charge in [-0.1, -0.05) is 18.2 Å². The first-order chi connectivity index (χ1) is 36.1. The van der Waals surface area contributed by atoms with E-state index in [9.17, 15) is 61.5 Å². The number of nitrogens with one attached hydrogen (secondary N) is 2. The van der Waals surface area contributed by atoms with Crippen molar-refractivity contribution < 1.29 is 86.4 Å². The van der Waals surface area contributed by atoms with E-state index in [4.69, 9.17) is 24.8 Å². The molecule has 76 heavy (non-hydrogen) atoms. The van der Waals surface area contributed by atoms with E-state index in [1.165, 1.54) is 12.1 Å². The van der Waals surface area contributed by atoms with Crippen LogP contribution in [0.25, 0.3) is 33.4 Å². The van der Waals surface area contributed by atoms with E-state index in [1.54, 1.807) is 12.1 Å². The van der Waals surface area contributed by atoms with Crippen molar-refractivity contribution in [1.82, 2.24) is 25.0 Å². The van der Waals surface area contributed by atoms with Crippen LogP contribution in [-0.4, -0.2) is 179 Å². The van der Waals surface area contributed by atoms with Gasteiger partial charge in [0.2, 0.25) is 17.2 Å². The molecule has 2 aromatic carbocycles. The quantitative estimate of drug-likeness (QED) is 0.0179. The van der Waals surface area contributed by atoms with Crippen LogP contribution in [0.1, 0.15) is 64.2 Å².